The van der Waals surface area contributed by atoms with Gasteiger partial charge in [0.1, 0.15) is 0 Å². The Bertz CT molecular complexity index is 435. The Hall–Kier alpha value is -0.830. The fourth-order valence-electron chi connectivity index (χ4n) is 2.20. The highest BCUT2D eigenvalue weighted by molar-refractivity contribution is 7.89. The molecule has 0 spiro atoms. The zero-order valence-corrected chi connectivity index (χ0v) is 11.2. The first kappa shape index (κ1) is 16.2. The fraction of sp³-hybridized carbons (Fsp3) is 0.900. The van der Waals surface area contributed by atoms with Crippen LogP contribution in [0.5, 0.6) is 0 Å². The molecule has 1 saturated heterocycles. The summed E-state index contributed by atoms with van der Waals surface area (Å²) >= 11 is 0. The van der Waals surface area contributed by atoms with Crippen LogP contribution in [0.3, 0.4) is 0 Å². The zero-order chi connectivity index (χ0) is 14.8. The van der Waals surface area contributed by atoms with Crippen LogP contribution >= 0.6 is 0 Å². The minimum atomic E-state index is -4.54. The van der Waals surface area contributed by atoms with Crippen LogP contribution in [0.4, 0.5) is 13.2 Å². The van der Waals surface area contributed by atoms with Crippen molar-refractivity contribution in [2.24, 2.45) is 5.92 Å². The van der Waals surface area contributed by atoms with Gasteiger partial charge in [0.05, 0.1) is 18.1 Å². The average Bonchev–Trinajstić information content (AvgIpc) is 2.25. The Balaban J connectivity index is 2.80. The molecule has 0 bridgehead atoms. The number of piperidine rings is 1. The van der Waals surface area contributed by atoms with Crippen molar-refractivity contribution in [1.82, 2.24) is 4.31 Å². The van der Waals surface area contributed by atoms with Gasteiger partial charge in [0.2, 0.25) is 10.0 Å². The van der Waals surface area contributed by atoms with E-state index in [0.29, 0.717) is 12.8 Å². The third kappa shape index (κ3) is 4.34. The van der Waals surface area contributed by atoms with E-state index in [4.69, 9.17) is 5.11 Å². The second-order valence-electron chi connectivity index (χ2n) is 4.62. The summed E-state index contributed by atoms with van der Waals surface area (Å²) in [6.45, 7) is 1.49. The molecule has 2 atom stereocenters. The lowest BCUT2D eigenvalue weighted by Crippen LogP contribution is -2.50. The van der Waals surface area contributed by atoms with Crippen molar-refractivity contribution >= 4 is 16.0 Å². The Kier molecular flexibility index (Phi) is 4.83. The van der Waals surface area contributed by atoms with Gasteiger partial charge in [0.25, 0.3) is 0 Å². The second kappa shape index (κ2) is 5.66. The molecule has 1 heterocycles. The van der Waals surface area contributed by atoms with E-state index in [-0.39, 0.29) is 6.54 Å². The van der Waals surface area contributed by atoms with Gasteiger partial charge in [-0.15, -0.1) is 0 Å². The van der Waals surface area contributed by atoms with E-state index in [1.54, 1.807) is 0 Å². The molecular weight excluding hydrogens is 287 g/mol. The number of hydrogen-bond donors (Lipinski definition) is 1. The van der Waals surface area contributed by atoms with Crippen LogP contribution < -0.4 is 0 Å². The molecular formula is C10H16F3NO4S. The molecule has 0 radical (unpaired) electrons. The van der Waals surface area contributed by atoms with Crippen LogP contribution in [0.1, 0.15) is 26.2 Å². The number of carboxylic acids is 1. The lowest BCUT2D eigenvalue weighted by molar-refractivity contribution is -0.144. The Morgan fingerprint density at radius 2 is 2.00 bits per heavy atom. The number of carboxylic acid groups (broad SMARTS) is 1. The molecule has 0 unspecified atom stereocenters. The van der Waals surface area contributed by atoms with Gasteiger partial charge in [0, 0.05) is 12.6 Å². The number of nitrogens with zero attached hydrogens (tertiary/aromatic N) is 1. The normalized spacial score (nSPS) is 26.3. The molecule has 1 fully saturated rings. The summed E-state index contributed by atoms with van der Waals surface area (Å²) in [6, 6.07) is -0.815. The maximum absolute atomic E-state index is 12.1. The van der Waals surface area contributed by atoms with Gasteiger partial charge in [-0.3, -0.25) is 4.79 Å². The van der Waals surface area contributed by atoms with Crippen molar-refractivity contribution in [2.75, 3.05) is 12.3 Å². The highest BCUT2D eigenvalue weighted by atomic mass is 32.2. The molecule has 0 aromatic heterocycles. The van der Waals surface area contributed by atoms with Crippen molar-refractivity contribution in [1.29, 1.82) is 0 Å². The summed E-state index contributed by atoms with van der Waals surface area (Å²) in [7, 11) is -4.08. The van der Waals surface area contributed by atoms with Crippen molar-refractivity contribution < 1.29 is 31.5 Å². The first-order valence-electron chi connectivity index (χ1n) is 5.83. The summed E-state index contributed by atoms with van der Waals surface area (Å²) in [6.07, 6.45) is -5.29. The van der Waals surface area contributed by atoms with Gasteiger partial charge in [-0.2, -0.15) is 17.5 Å². The lowest BCUT2D eigenvalue weighted by atomic mass is 9.92. The molecule has 19 heavy (non-hydrogen) atoms. The summed E-state index contributed by atoms with van der Waals surface area (Å²) in [5.41, 5.74) is 0. The van der Waals surface area contributed by atoms with E-state index in [9.17, 15) is 26.4 Å². The minimum absolute atomic E-state index is 0.0745. The molecule has 1 rings (SSSR count). The van der Waals surface area contributed by atoms with Crippen molar-refractivity contribution in [3.05, 3.63) is 0 Å². The average molecular weight is 303 g/mol. The van der Waals surface area contributed by atoms with Crippen LogP contribution in [0.25, 0.3) is 0 Å². The molecule has 5 nitrogen and oxygen atoms in total. The molecule has 9 heteroatoms. The molecule has 0 aromatic carbocycles. The smallest absolute Gasteiger partial charge is 0.390 e. The number of carbonyl (C=O) groups is 1. The first-order valence-corrected chi connectivity index (χ1v) is 7.44. The van der Waals surface area contributed by atoms with Crippen LogP contribution in [0.15, 0.2) is 0 Å². The largest absolute Gasteiger partial charge is 0.481 e. The molecule has 1 aliphatic heterocycles. The number of rotatable bonds is 4. The van der Waals surface area contributed by atoms with Crippen LogP contribution in [-0.2, 0) is 14.8 Å². The Labute approximate surface area is 109 Å². The summed E-state index contributed by atoms with van der Waals surface area (Å²) in [5, 5.41) is 8.95. The first-order chi connectivity index (χ1) is 8.54. The minimum Gasteiger partial charge on any atom is -0.481 e. The van der Waals surface area contributed by atoms with Gasteiger partial charge < -0.3 is 5.11 Å². The second-order valence-corrected chi connectivity index (χ2v) is 6.66. The van der Waals surface area contributed by atoms with Gasteiger partial charge in [-0.1, -0.05) is 0 Å². The van der Waals surface area contributed by atoms with E-state index in [0.717, 1.165) is 4.31 Å². The topological polar surface area (TPSA) is 74.7 Å². The molecule has 0 aliphatic carbocycles. The molecule has 1 N–H and O–H groups in total. The van der Waals surface area contributed by atoms with E-state index in [1.807, 2.05) is 0 Å². The summed E-state index contributed by atoms with van der Waals surface area (Å²) < 4.78 is 60.8. The van der Waals surface area contributed by atoms with Crippen LogP contribution in [-0.4, -0.2) is 48.3 Å². The number of halogens is 3. The van der Waals surface area contributed by atoms with Crippen molar-refractivity contribution in [3.8, 4) is 0 Å². The number of sulfonamides is 1. The molecule has 0 aromatic rings. The molecule has 0 saturated carbocycles. The van der Waals surface area contributed by atoms with Crippen molar-refractivity contribution in [3.63, 3.8) is 0 Å². The predicted octanol–water partition coefficient (Wildman–Crippen LogP) is 1.45. The summed E-state index contributed by atoms with van der Waals surface area (Å²) in [5.74, 6) is -3.02. The highest BCUT2D eigenvalue weighted by Crippen LogP contribution is 2.28. The van der Waals surface area contributed by atoms with Gasteiger partial charge in [0.15, 0.2) is 0 Å². The van der Waals surface area contributed by atoms with Gasteiger partial charge in [-0.05, 0) is 19.8 Å². The summed E-state index contributed by atoms with van der Waals surface area (Å²) in [4.78, 5) is 11.0. The lowest BCUT2D eigenvalue weighted by Gasteiger charge is -2.36. The van der Waals surface area contributed by atoms with Crippen LogP contribution in [0, 0.1) is 5.92 Å². The predicted molar refractivity (Wildman–Crippen MR) is 61.0 cm³/mol. The van der Waals surface area contributed by atoms with Crippen molar-refractivity contribution in [2.45, 2.75) is 38.4 Å². The van der Waals surface area contributed by atoms with Gasteiger partial charge >= 0.3 is 12.1 Å². The van der Waals surface area contributed by atoms with Crippen LogP contribution in [0.2, 0.25) is 0 Å². The quantitative estimate of drug-likeness (QED) is 0.853. The third-order valence-corrected chi connectivity index (χ3v) is 5.20. The highest BCUT2D eigenvalue weighted by Gasteiger charge is 2.40. The molecule has 112 valence electrons. The fourth-order valence-corrected chi connectivity index (χ4v) is 3.98. The Morgan fingerprint density at radius 3 is 2.47 bits per heavy atom. The maximum atomic E-state index is 12.1. The maximum Gasteiger partial charge on any atom is 0.390 e. The number of alkyl halides is 3. The standard InChI is InChI=1S/C10H16F3NO4S/c1-7-8(9(15)16)3-2-5-14(7)19(17,18)6-4-10(11,12)13/h7-8H,2-6H2,1H3,(H,15,16)/t7-,8-/m1/s1. The monoisotopic (exact) mass is 303 g/mol. The van der Waals surface area contributed by atoms with E-state index >= 15 is 0 Å². The Morgan fingerprint density at radius 1 is 1.42 bits per heavy atom. The zero-order valence-electron chi connectivity index (χ0n) is 10.4. The van der Waals surface area contributed by atoms with Gasteiger partial charge in [-0.25, -0.2) is 8.42 Å². The van der Waals surface area contributed by atoms with E-state index in [1.165, 1.54) is 6.92 Å². The number of hydrogen-bond acceptors (Lipinski definition) is 3. The number of aliphatic carboxylic acids is 1. The third-order valence-electron chi connectivity index (χ3n) is 3.25. The SMILES string of the molecule is C[C@@H]1[C@H](C(=O)O)CCCN1S(=O)(=O)CCC(F)(F)F. The molecule has 1 aliphatic rings. The van der Waals surface area contributed by atoms with E-state index < -0.39 is 46.3 Å². The van der Waals surface area contributed by atoms with E-state index in [2.05, 4.69) is 0 Å². The molecule has 0 amide bonds.